The second-order valence-corrected chi connectivity index (χ2v) is 8.47. The minimum atomic E-state index is 0.116. The SMILES string of the molecule is CN=C(NCc1ccc(C)cc1OC1CCOC1)NCC1(c2ccccc2OC)CC1. The predicted molar refractivity (Wildman–Crippen MR) is 123 cm³/mol. The maximum absolute atomic E-state index is 6.22. The Morgan fingerprint density at radius 2 is 2.00 bits per heavy atom. The average molecular weight is 424 g/mol. The summed E-state index contributed by atoms with van der Waals surface area (Å²) in [5.41, 5.74) is 3.69. The highest BCUT2D eigenvalue weighted by molar-refractivity contribution is 5.80. The van der Waals surface area contributed by atoms with Gasteiger partial charge in [0.2, 0.25) is 0 Å². The topological polar surface area (TPSA) is 64.1 Å². The van der Waals surface area contributed by atoms with Crippen LogP contribution in [-0.4, -0.2) is 46.0 Å². The number of methoxy groups -OCH3 is 1. The van der Waals surface area contributed by atoms with Crippen LogP contribution in [0.2, 0.25) is 0 Å². The second kappa shape index (κ2) is 9.60. The van der Waals surface area contributed by atoms with Crippen molar-refractivity contribution in [3.63, 3.8) is 0 Å². The van der Waals surface area contributed by atoms with Gasteiger partial charge in [0, 0.05) is 43.1 Å². The van der Waals surface area contributed by atoms with Crippen LogP contribution in [0, 0.1) is 6.92 Å². The van der Waals surface area contributed by atoms with E-state index in [9.17, 15) is 0 Å². The van der Waals surface area contributed by atoms with Gasteiger partial charge in [0.15, 0.2) is 5.96 Å². The fraction of sp³-hybridized carbons (Fsp3) is 0.480. The standard InChI is InChI=1S/C25H33N3O3/c1-18-8-9-19(23(14-18)31-20-10-13-30-16-20)15-27-24(26-2)28-17-25(11-12-25)21-6-4-5-7-22(21)29-3/h4-9,14,20H,10-13,15-17H2,1-3H3,(H2,26,27,28). The summed E-state index contributed by atoms with van der Waals surface area (Å²) < 4.78 is 17.3. The molecular weight excluding hydrogens is 390 g/mol. The zero-order valence-corrected chi connectivity index (χ0v) is 18.7. The van der Waals surface area contributed by atoms with Crippen LogP contribution in [0.3, 0.4) is 0 Å². The van der Waals surface area contributed by atoms with Crippen LogP contribution in [0.5, 0.6) is 11.5 Å². The van der Waals surface area contributed by atoms with E-state index in [0.29, 0.717) is 13.2 Å². The Balaban J connectivity index is 1.37. The molecule has 1 atom stereocenters. The summed E-state index contributed by atoms with van der Waals surface area (Å²) >= 11 is 0. The van der Waals surface area contributed by atoms with Gasteiger partial charge >= 0.3 is 0 Å². The van der Waals surface area contributed by atoms with Gasteiger partial charge in [-0.05, 0) is 37.5 Å². The third-order valence-electron chi connectivity index (χ3n) is 6.20. The van der Waals surface area contributed by atoms with Gasteiger partial charge in [-0.15, -0.1) is 0 Å². The van der Waals surface area contributed by atoms with E-state index in [4.69, 9.17) is 14.2 Å². The molecule has 2 aromatic rings. The molecule has 0 spiro atoms. The van der Waals surface area contributed by atoms with E-state index in [2.05, 4.69) is 52.9 Å². The monoisotopic (exact) mass is 423 g/mol. The first-order valence-electron chi connectivity index (χ1n) is 11.1. The summed E-state index contributed by atoms with van der Waals surface area (Å²) in [4.78, 5) is 4.42. The van der Waals surface area contributed by atoms with Crippen LogP contribution in [0.15, 0.2) is 47.5 Å². The van der Waals surface area contributed by atoms with Crippen molar-refractivity contribution >= 4 is 5.96 Å². The number of aryl methyl sites for hydroxylation is 1. The van der Waals surface area contributed by atoms with E-state index >= 15 is 0 Å². The van der Waals surface area contributed by atoms with Gasteiger partial charge in [-0.3, -0.25) is 4.99 Å². The molecule has 6 heteroatoms. The molecule has 166 valence electrons. The van der Waals surface area contributed by atoms with Crippen LogP contribution in [-0.2, 0) is 16.7 Å². The molecule has 6 nitrogen and oxygen atoms in total. The second-order valence-electron chi connectivity index (χ2n) is 8.47. The molecule has 0 aromatic heterocycles. The Morgan fingerprint density at radius 3 is 2.71 bits per heavy atom. The largest absolute Gasteiger partial charge is 0.496 e. The highest BCUT2D eigenvalue weighted by atomic mass is 16.5. The molecule has 2 aromatic carbocycles. The predicted octanol–water partition coefficient (Wildman–Crippen LogP) is 3.57. The number of hydrogen-bond acceptors (Lipinski definition) is 4. The van der Waals surface area contributed by atoms with Gasteiger partial charge in [0.25, 0.3) is 0 Å². The molecule has 0 amide bonds. The van der Waals surface area contributed by atoms with E-state index in [1.54, 1.807) is 14.2 Å². The Hall–Kier alpha value is -2.73. The van der Waals surface area contributed by atoms with Crippen molar-refractivity contribution in [2.24, 2.45) is 4.99 Å². The summed E-state index contributed by atoms with van der Waals surface area (Å²) in [5, 5.41) is 6.97. The number of ether oxygens (including phenoxy) is 3. The molecule has 1 saturated carbocycles. The molecule has 1 unspecified atom stereocenters. The summed E-state index contributed by atoms with van der Waals surface area (Å²) in [7, 11) is 3.54. The molecule has 2 fully saturated rings. The van der Waals surface area contributed by atoms with E-state index < -0.39 is 0 Å². The van der Waals surface area contributed by atoms with Gasteiger partial charge < -0.3 is 24.8 Å². The van der Waals surface area contributed by atoms with Crippen molar-refractivity contribution in [1.82, 2.24) is 10.6 Å². The maximum atomic E-state index is 6.22. The first-order valence-corrected chi connectivity index (χ1v) is 11.1. The van der Waals surface area contributed by atoms with E-state index in [1.165, 1.54) is 11.1 Å². The van der Waals surface area contributed by atoms with Gasteiger partial charge in [0.05, 0.1) is 20.3 Å². The fourth-order valence-electron chi connectivity index (χ4n) is 4.13. The summed E-state index contributed by atoms with van der Waals surface area (Å²) in [6.07, 6.45) is 3.37. The first-order chi connectivity index (χ1) is 15.1. The number of rotatable bonds is 8. The number of para-hydroxylation sites is 1. The van der Waals surface area contributed by atoms with Crippen LogP contribution >= 0.6 is 0 Å². The maximum Gasteiger partial charge on any atom is 0.191 e. The lowest BCUT2D eigenvalue weighted by atomic mass is 9.95. The van der Waals surface area contributed by atoms with Crippen molar-refractivity contribution in [1.29, 1.82) is 0 Å². The van der Waals surface area contributed by atoms with Crippen molar-refractivity contribution < 1.29 is 14.2 Å². The van der Waals surface area contributed by atoms with E-state index in [-0.39, 0.29) is 11.5 Å². The van der Waals surface area contributed by atoms with E-state index in [1.807, 2.05) is 12.1 Å². The number of aliphatic imine (C=N–C) groups is 1. The Labute approximate surface area is 185 Å². The third-order valence-corrected chi connectivity index (χ3v) is 6.20. The van der Waals surface area contributed by atoms with Crippen molar-refractivity contribution in [2.75, 3.05) is 33.9 Å². The molecule has 1 aliphatic heterocycles. The van der Waals surface area contributed by atoms with Crippen molar-refractivity contribution in [2.45, 2.75) is 44.2 Å². The summed E-state index contributed by atoms with van der Waals surface area (Å²) in [6.45, 7) is 4.99. The van der Waals surface area contributed by atoms with Gasteiger partial charge in [-0.2, -0.15) is 0 Å². The number of benzene rings is 2. The van der Waals surface area contributed by atoms with E-state index in [0.717, 1.165) is 55.4 Å². The molecule has 2 aliphatic rings. The minimum Gasteiger partial charge on any atom is -0.496 e. The van der Waals surface area contributed by atoms with Gasteiger partial charge in [-0.25, -0.2) is 0 Å². The highest BCUT2D eigenvalue weighted by Crippen LogP contribution is 2.50. The Morgan fingerprint density at radius 1 is 1.16 bits per heavy atom. The highest BCUT2D eigenvalue weighted by Gasteiger charge is 2.46. The van der Waals surface area contributed by atoms with Crippen LogP contribution in [0.4, 0.5) is 0 Å². The molecule has 4 rings (SSSR count). The molecule has 1 aliphatic carbocycles. The van der Waals surface area contributed by atoms with Crippen molar-refractivity contribution in [3.05, 3.63) is 59.2 Å². The molecule has 1 saturated heterocycles. The molecule has 1 heterocycles. The Bertz CT molecular complexity index is 918. The quantitative estimate of drug-likeness (QED) is 0.502. The molecular formula is C25H33N3O3. The smallest absolute Gasteiger partial charge is 0.191 e. The van der Waals surface area contributed by atoms with Gasteiger partial charge in [-0.1, -0.05) is 30.3 Å². The summed E-state index contributed by atoms with van der Waals surface area (Å²) in [5.74, 6) is 2.67. The first kappa shape index (κ1) is 21.5. The van der Waals surface area contributed by atoms with Crippen molar-refractivity contribution in [3.8, 4) is 11.5 Å². The number of nitrogens with zero attached hydrogens (tertiary/aromatic N) is 1. The number of hydrogen-bond donors (Lipinski definition) is 2. The molecule has 0 bridgehead atoms. The Kier molecular flexibility index (Phi) is 6.66. The molecule has 2 N–H and O–H groups in total. The van der Waals surface area contributed by atoms with Crippen LogP contribution in [0.1, 0.15) is 36.0 Å². The lowest BCUT2D eigenvalue weighted by Gasteiger charge is -2.21. The lowest BCUT2D eigenvalue weighted by Crippen LogP contribution is -2.41. The number of nitrogens with one attached hydrogen (secondary N) is 2. The fourth-order valence-corrected chi connectivity index (χ4v) is 4.13. The normalized spacial score (nSPS) is 19.7. The zero-order chi connectivity index (χ0) is 21.7. The third kappa shape index (κ3) is 5.13. The molecule has 0 radical (unpaired) electrons. The van der Waals surface area contributed by atoms with Crippen LogP contribution < -0.4 is 20.1 Å². The minimum absolute atomic E-state index is 0.116. The summed E-state index contributed by atoms with van der Waals surface area (Å²) in [6, 6.07) is 14.7. The molecule has 31 heavy (non-hydrogen) atoms. The lowest BCUT2D eigenvalue weighted by molar-refractivity contribution is 0.140. The van der Waals surface area contributed by atoms with Gasteiger partial charge in [0.1, 0.15) is 17.6 Å². The zero-order valence-electron chi connectivity index (χ0n) is 18.7. The van der Waals surface area contributed by atoms with Crippen LogP contribution in [0.25, 0.3) is 0 Å². The average Bonchev–Trinajstić information content (AvgIpc) is 3.41. The number of guanidine groups is 1.